The Bertz CT molecular complexity index is 396. The van der Waals surface area contributed by atoms with Gasteiger partial charge in [-0.25, -0.2) is 18.2 Å². The Morgan fingerprint density at radius 1 is 1.60 bits per heavy atom. The molecule has 0 aliphatic heterocycles. The lowest BCUT2D eigenvalue weighted by molar-refractivity contribution is -0.136. The van der Waals surface area contributed by atoms with Gasteiger partial charge in [0.1, 0.15) is 5.69 Å². The number of hydrogen-bond donors (Lipinski definition) is 2. The van der Waals surface area contributed by atoms with Crippen LogP contribution in [0.15, 0.2) is 6.07 Å². The first-order valence-electron chi connectivity index (χ1n) is 3.86. The molecule has 15 heavy (non-hydrogen) atoms. The van der Waals surface area contributed by atoms with E-state index in [1.54, 1.807) is 0 Å². The van der Waals surface area contributed by atoms with E-state index in [0.29, 0.717) is 6.07 Å². The SMILES string of the molecule is Nc1cc(C(F)F)nc(CC(=O)O)c1F. The minimum atomic E-state index is -2.92. The van der Waals surface area contributed by atoms with Gasteiger partial charge in [-0.3, -0.25) is 4.79 Å². The summed E-state index contributed by atoms with van der Waals surface area (Å²) in [5.74, 6) is -2.44. The molecule has 0 bridgehead atoms. The smallest absolute Gasteiger partial charge is 0.309 e. The highest BCUT2D eigenvalue weighted by atomic mass is 19.3. The van der Waals surface area contributed by atoms with E-state index in [-0.39, 0.29) is 0 Å². The predicted molar refractivity (Wildman–Crippen MR) is 44.9 cm³/mol. The van der Waals surface area contributed by atoms with Crippen molar-refractivity contribution >= 4 is 11.7 Å². The number of carbonyl (C=O) groups is 1. The highest BCUT2D eigenvalue weighted by Crippen LogP contribution is 2.22. The number of carboxylic acid groups (broad SMARTS) is 1. The van der Waals surface area contributed by atoms with Crippen LogP contribution in [-0.2, 0) is 11.2 Å². The maximum absolute atomic E-state index is 13.1. The Morgan fingerprint density at radius 2 is 2.20 bits per heavy atom. The van der Waals surface area contributed by atoms with Crippen LogP contribution in [0.25, 0.3) is 0 Å². The van der Waals surface area contributed by atoms with E-state index in [1.165, 1.54) is 0 Å². The van der Waals surface area contributed by atoms with Crippen molar-refractivity contribution < 1.29 is 23.1 Å². The second kappa shape index (κ2) is 4.16. The van der Waals surface area contributed by atoms with Crippen molar-refractivity contribution in [3.63, 3.8) is 0 Å². The van der Waals surface area contributed by atoms with Gasteiger partial charge in [0.05, 0.1) is 17.8 Å². The number of aromatic nitrogens is 1. The Balaban J connectivity index is 3.18. The summed E-state index contributed by atoms with van der Waals surface area (Å²) >= 11 is 0. The van der Waals surface area contributed by atoms with Crippen LogP contribution in [0.2, 0.25) is 0 Å². The highest BCUT2D eigenvalue weighted by Gasteiger charge is 2.17. The monoisotopic (exact) mass is 220 g/mol. The first-order chi connectivity index (χ1) is 6.91. The van der Waals surface area contributed by atoms with Crippen molar-refractivity contribution in [2.45, 2.75) is 12.8 Å². The number of aliphatic carboxylic acids is 1. The third-order valence-electron chi connectivity index (χ3n) is 1.62. The van der Waals surface area contributed by atoms with Gasteiger partial charge in [-0.05, 0) is 6.07 Å². The lowest BCUT2D eigenvalue weighted by Gasteiger charge is -2.06. The number of rotatable bonds is 3. The summed E-state index contributed by atoms with van der Waals surface area (Å²) in [6.45, 7) is 0. The molecule has 0 amide bonds. The van der Waals surface area contributed by atoms with Crippen LogP contribution >= 0.6 is 0 Å². The number of carboxylic acids is 1. The van der Waals surface area contributed by atoms with E-state index in [4.69, 9.17) is 10.8 Å². The molecule has 3 N–H and O–H groups in total. The number of pyridine rings is 1. The van der Waals surface area contributed by atoms with Crippen LogP contribution in [-0.4, -0.2) is 16.1 Å². The molecule has 82 valence electrons. The second-order valence-corrected chi connectivity index (χ2v) is 2.77. The number of nitrogens with two attached hydrogens (primary N) is 1. The topological polar surface area (TPSA) is 76.2 Å². The molecule has 7 heteroatoms. The van der Waals surface area contributed by atoms with Gasteiger partial charge in [0, 0.05) is 0 Å². The third kappa shape index (κ3) is 2.58. The molecule has 0 atom stereocenters. The Hall–Kier alpha value is -1.79. The maximum atomic E-state index is 13.1. The molecule has 0 radical (unpaired) electrons. The number of nitrogens with zero attached hydrogens (tertiary/aromatic N) is 1. The van der Waals surface area contributed by atoms with Crippen LogP contribution in [0.5, 0.6) is 0 Å². The van der Waals surface area contributed by atoms with Crippen molar-refractivity contribution in [2.75, 3.05) is 5.73 Å². The normalized spacial score (nSPS) is 10.7. The zero-order valence-electron chi connectivity index (χ0n) is 7.38. The minimum Gasteiger partial charge on any atom is -0.481 e. The summed E-state index contributed by atoms with van der Waals surface area (Å²) in [4.78, 5) is 13.5. The Labute approximate surface area is 82.5 Å². The summed E-state index contributed by atoms with van der Waals surface area (Å²) in [6, 6.07) is 0.686. The summed E-state index contributed by atoms with van der Waals surface area (Å²) in [7, 11) is 0. The molecule has 0 saturated carbocycles. The molecule has 0 unspecified atom stereocenters. The first-order valence-corrected chi connectivity index (χ1v) is 3.86. The number of halogens is 3. The second-order valence-electron chi connectivity index (χ2n) is 2.77. The average Bonchev–Trinajstić information content (AvgIpc) is 2.11. The molecule has 1 aromatic heterocycles. The first kappa shape index (κ1) is 11.3. The third-order valence-corrected chi connectivity index (χ3v) is 1.62. The van der Waals surface area contributed by atoms with Gasteiger partial charge >= 0.3 is 5.97 Å². The summed E-state index contributed by atoms with van der Waals surface area (Å²) in [5.41, 5.74) is 3.25. The Kier molecular flexibility index (Phi) is 3.13. The van der Waals surface area contributed by atoms with Gasteiger partial charge in [0.25, 0.3) is 6.43 Å². The van der Waals surface area contributed by atoms with Crippen LogP contribution in [0.4, 0.5) is 18.9 Å². The highest BCUT2D eigenvalue weighted by molar-refractivity contribution is 5.70. The van der Waals surface area contributed by atoms with Crippen LogP contribution in [0, 0.1) is 5.82 Å². The lowest BCUT2D eigenvalue weighted by atomic mass is 10.2. The molecule has 0 fully saturated rings. The molecule has 4 nitrogen and oxygen atoms in total. The maximum Gasteiger partial charge on any atom is 0.309 e. The van der Waals surface area contributed by atoms with E-state index in [0.717, 1.165) is 0 Å². The van der Waals surface area contributed by atoms with E-state index in [1.807, 2.05) is 0 Å². The van der Waals surface area contributed by atoms with E-state index >= 15 is 0 Å². The van der Waals surface area contributed by atoms with E-state index in [9.17, 15) is 18.0 Å². The fourth-order valence-corrected chi connectivity index (χ4v) is 0.999. The van der Waals surface area contributed by atoms with Gasteiger partial charge < -0.3 is 10.8 Å². The zero-order valence-corrected chi connectivity index (χ0v) is 7.38. The van der Waals surface area contributed by atoms with Gasteiger partial charge in [-0.15, -0.1) is 0 Å². The van der Waals surface area contributed by atoms with Crippen molar-refractivity contribution in [3.05, 3.63) is 23.3 Å². The van der Waals surface area contributed by atoms with Gasteiger partial charge in [0.15, 0.2) is 5.82 Å². The fourth-order valence-electron chi connectivity index (χ4n) is 0.999. The summed E-state index contributed by atoms with van der Waals surface area (Å²) in [5, 5.41) is 8.38. The molecule has 0 spiro atoms. The molecule has 1 aromatic rings. The lowest BCUT2D eigenvalue weighted by Crippen LogP contribution is -2.09. The largest absolute Gasteiger partial charge is 0.481 e. The minimum absolute atomic E-state index is 0.531. The van der Waals surface area contributed by atoms with Gasteiger partial charge in [-0.1, -0.05) is 0 Å². The van der Waals surface area contributed by atoms with Crippen LogP contribution in [0.3, 0.4) is 0 Å². The molecular weight excluding hydrogens is 213 g/mol. The molecule has 1 heterocycles. The molecule has 0 aliphatic rings. The van der Waals surface area contributed by atoms with Crippen molar-refractivity contribution in [2.24, 2.45) is 0 Å². The fraction of sp³-hybridized carbons (Fsp3) is 0.250. The average molecular weight is 220 g/mol. The molecule has 0 aliphatic carbocycles. The zero-order chi connectivity index (χ0) is 11.6. The standard InChI is InChI=1S/C8H7F3N2O2/c9-7-3(12)1-5(8(10)11)13-4(7)2-6(14)15/h1,8H,2H2,(H2,12,13)(H,14,15). The van der Waals surface area contributed by atoms with Crippen LogP contribution in [0.1, 0.15) is 17.8 Å². The van der Waals surface area contributed by atoms with E-state index in [2.05, 4.69) is 4.98 Å². The molecular formula is C8H7F3N2O2. The number of anilines is 1. The molecule has 0 saturated heterocycles. The van der Waals surface area contributed by atoms with Gasteiger partial charge in [-0.2, -0.15) is 0 Å². The number of alkyl halides is 2. The quantitative estimate of drug-likeness (QED) is 0.806. The molecule has 0 aromatic carbocycles. The van der Waals surface area contributed by atoms with Crippen molar-refractivity contribution in [1.82, 2.24) is 4.98 Å². The molecule has 1 rings (SSSR count). The van der Waals surface area contributed by atoms with Crippen molar-refractivity contribution in [1.29, 1.82) is 0 Å². The predicted octanol–water partition coefficient (Wildman–Crippen LogP) is 1.37. The number of hydrogen-bond acceptors (Lipinski definition) is 3. The summed E-state index contributed by atoms with van der Waals surface area (Å²) in [6.07, 6.45) is -3.70. The van der Waals surface area contributed by atoms with Gasteiger partial charge in [0.2, 0.25) is 0 Å². The Morgan fingerprint density at radius 3 is 2.67 bits per heavy atom. The number of nitrogen functional groups attached to an aromatic ring is 1. The summed E-state index contributed by atoms with van der Waals surface area (Å²) < 4.78 is 37.5. The van der Waals surface area contributed by atoms with E-state index < -0.39 is 41.7 Å². The van der Waals surface area contributed by atoms with Crippen LogP contribution < -0.4 is 5.73 Å². The van der Waals surface area contributed by atoms with Crippen molar-refractivity contribution in [3.8, 4) is 0 Å².